The number of carboxylic acid groups (broad SMARTS) is 1. The summed E-state index contributed by atoms with van der Waals surface area (Å²) in [6.45, 7) is 11.9. The summed E-state index contributed by atoms with van der Waals surface area (Å²) in [4.78, 5) is 10.5. The molecule has 0 aliphatic carbocycles. The zero-order chi connectivity index (χ0) is 12.3. The van der Waals surface area contributed by atoms with Crippen LogP contribution in [0.25, 0.3) is 0 Å². The van der Waals surface area contributed by atoms with Crippen molar-refractivity contribution in [2.24, 2.45) is 16.6 Å². The lowest BCUT2D eigenvalue weighted by molar-refractivity contribution is -0.138. The lowest BCUT2D eigenvalue weighted by Crippen LogP contribution is -2.45. The van der Waals surface area contributed by atoms with Gasteiger partial charge >= 0.3 is 5.97 Å². The molecule has 15 heavy (non-hydrogen) atoms. The van der Waals surface area contributed by atoms with Crippen molar-refractivity contribution in [1.82, 2.24) is 5.32 Å². The van der Waals surface area contributed by atoms with Crippen LogP contribution in [0.3, 0.4) is 0 Å². The molecule has 0 bridgehead atoms. The highest BCUT2D eigenvalue weighted by atomic mass is 16.4. The maximum Gasteiger partial charge on any atom is 0.321 e. The summed E-state index contributed by atoms with van der Waals surface area (Å²) < 4.78 is 0. The van der Waals surface area contributed by atoms with E-state index in [0.717, 1.165) is 6.54 Å². The molecule has 0 amide bonds. The molecule has 0 saturated heterocycles. The molecule has 0 aromatic heterocycles. The summed E-state index contributed by atoms with van der Waals surface area (Å²) in [6.07, 6.45) is 0. The van der Waals surface area contributed by atoms with Crippen LogP contribution in [-0.2, 0) is 4.79 Å². The molecule has 0 spiro atoms. The van der Waals surface area contributed by atoms with Gasteiger partial charge in [0.15, 0.2) is 0 Å². The van der Waals surface area contributed by atoms with Gasteiger partial charge in [-0.3, -0.25) is 4.79 Å². The summed E-state index contributed by atoms with van der Waals surface area (Å²) in [6, 6.07) is -0.819. The van der Waals surface area contributed by atoms with Crippen molar-refractivity contribution >= 4 is 5.97 Å². The van der Waals surface area contributed by atoms with Gasteiger partial charge in [0.2, 0.25) is 0 Å². The molecule has 0 aromatic carbocycles. The Morgan fingerprint density at radius 3 is 2.13 bits per heavy atom. The minimum absolute atomic E-state index is 0.102. The molecule has 90 valence electrons. The van der Waals surface area contributed by atoms with Crippen LogP contribution >= 0.6 is 0 Å². The van der Waals surface area contributed by atoms with Crippen LogP contribution < -0.4 is 11.1 Å². The van der Waals surface area contributed by atoms with Gasteiger partial charge < -0.3 is 16.2 Å². The van der Waals surface area contributed by atoms with Gasteiger partial charge in [0.05, 0.1) is 0 Å². The van der Waals surface area contributed by atoms with Crippen LogP contribution in [-0.4, -0.2) is 30.2 Å². The molecule has 0 heterocycles. The summed E-state index contributed by atoms with van der Waals surface area (Å²) in [7, 11) is 0. The molecule has 4 heteroatoms. The van der Waals surface area contributed by atoms with Gasteiger partial charge in [-0.1, -0.05) is 34.6 Å². The average Bonchev–Trinajstić information content (AvgIpc) is 2.01. The van der Waals surface area contributed by atoms with Gasteiger partial charge in [-0.05, 0) is 10.8 Å². The molecule has 0 radical (unpaired) electrons. The Morgan fingerprint density at radius 2 is 1.80 bits per heavy atom. The smallest absolute Gasteiger partial charge is 0.321 e. The van der Waals surface area contributed by atoms with Crippen LogP contribution in [0.4, 0.5) is 0 Å². The predicted molar refractivity (Wildman–Crippen MR) is 61.7 cm³/mol. The third-order valence-electron chi connectivity index (χ3n) is 3.28. The number of carboxylic acids is 1. The van der Waals surface area contributed by atoms with Crippen LogP contribution in [0.5, 0.6) is 0 Å². The quantitative estimate of drug-likeness (QED) is 0.642. The minimum Gasteiger partial charge on any atom is -0.480 e. The van der Waals surface area contributed by atoms with Gasteiger partial charge in [-0.2, -0.15) is 0 Å². The molecular weight excluding hydrogens is 192 g/mol. The molecule has 4 N–H and O–H groups in total. The number of hydrogen-bond donors (Lipinski definition) is 3. The van der Waals surface area contributed by atoms with E-state index in [2.05, 4.69) is 39.9 Å². The van der Waals surface area contributed by atoms with Crippen LogP contribution in [0.15, 0.2) is 0 Å². The van der Waals surface area contributed by atoms with Crippen molar-refractivity contribution in [3.63, 3.8) is 0 Å². The normalized spacial score (nSPS) is 15.1. The van der Waals surface area contributed by atoms with E-state index < -0.39 is 12.0 Å². The summed E-state index contributed by atoms with van der Waals surface area (Å²) in [5, 5.41) is 11.7. The first-order chi connectivity index (χ1) is 6.58. The van der Waals surface area contributed by atoms with Gasteiger partial charge in [-0.25, -0.2) is 0 Å². The molecular formula is C11H24N2O2. The van der Waals surface area contributed by atoms with E-state index in [0.29, 0.717) is 6.54 Å². The number of hydrogen-bond acceptors (Lipinski definition) is 3. The molecule has 0 fully saturated rings. The molecule has 4 nitrogen and oxygen atoms in total. The zero-order valence-corrected chi connectivity index (χ0v) is 10.4. The van der Waals surface area contributed by atoms with Crippen molar-refractivity contribution in [1.29, 1.82) is 0 Å². The first kappa shape index (κ1) is 14.4. The Kier molecular flexibility index (Phi) is 4.74. The molecule has 1 atom stereocenters. The predicted octanol–water partition coefficient (Wildman–Crippen LogP) is 1.06. The van der Waals surface area contributed by atoms with Crippen molar-refractivity contribution in [3.05, 3.63) is 0 Å². The second-order valence-corrected chi connectivity index (χ2v) is 5.71. The van der Waals surface area contributed by atoms with Crippen molar-refractivity contribution in [2.75, 3.05) is 13.1 Å². The molecule has 0 rings (SSSR count). The van der Waals surface area contributed by atoms with Crippen molar-refractivity contribution < 1.29 is 9.90 Å². The molecule has 1 unspecified atom stereocenters. The lowest BCUT2D eigenvalue weighted by Gasteiger charge is -2.39. The van der Waals surface area contributed by atoms with Crippen LogP contribution in [0, 0.1) is 10.8 Å². The molecule has 0 aliphatic heterocycles. The largest absolute Gasteiger partial charge is 0.480 e. The Hall–Kier alpha value is -0.610. The fourth-order valence-electron chi connectivity index (χ4n) is 0.893. The Balaban J connectivity index is 4.01. The third kappa shape index (κ3) is 4.62. The molecule has 0 saturated carbocycles. The number of nitrogens with two attached hydrogens (primary N) is 1. The highest BCUT2D eigenvalue weighted by Crippen LogP contribution is 2.36. The first-order valence-corrected chi connectivity index (χ1v) is 5.27. The van der Waals surface area contributed by atoms with Gasteiger partial charge in [0.1, 0.15) is 6.04 Å². The fourth-order valence-corrected chi connectivity index (χ4v) is 0.893. The van der Waals surface area contributed by atoms with E-state index >= 15 is 0 Å². The van der Waals surface area contributed by atoms with Crippen LogP contribution in [0.2, 0.25) is 0 Å². The Labute approximate surface area is 92.2 Å². The summed E-state index contributed by atoms with van der Waals surface area (Å²) >= 11 is 0. The number of rotatable bonds is 5. The van der Waals surface area contributed by atoms with Crippen LogP contribution in [0.1, 0.15) is 34.6 Å². The third-order valence-corrected chi connectivity index (χ3v) is 3.28. The highest BCUT2D eigenvalue weighted by Gasteiger charge is 2.32. The fraction of sp³-hybridized carbons (Fsp3) is 0.909. The van der Waals surface area contributed by atoms with Crippen molar-refractivity contribution in [3.8, 4) is 0 Å². The van der Waals surface area contributed by atoms with E-state index in [1.807, 2.05) is 0 Å². The lowest BCUT2D eigenvalue weighted by atomic mass is 9.69. The van der Waals surface area contributed by atoms with E-state index in [9.17, 15) is 4.79 Å². The number of nitrogens with one attached hydrogen (secondary N) is 1. The highest BCUT2D eigenvalue weighted by molar-refractivity contribution is 5.73. The first-order valence-electron chi connectivity index (χ1n) is 5.27. The molecule has 0 aliphatic rings. The zero-order valence-electron chi connectivity index (χ0n) is 10.4. The Morgan fingerprint density at radius 1 is 1.33 bits per heavy atom. The molecule has 0 aromatic rings. The summed E-state index contributed by atoms with van der Waals surface area (Å²) in [5.74, 6) is -0.962. The SMILES string of the molecule is CC(C)(C)C(C)(C)CNCC(N)C(=O)O. The minimum atomic E-state index is -0.962. The maximum absolute atomic E-state index is 10.5. The van der Waals surface area contributed by atoms with E-state index in [-0.39, 0.29) is 10.8 Å². The van der Waals surface area contributed by atoms with E-state index in [1.54, 1.807) is 0 Å². The number of carbonyl (C=O) groups is 1. The van der Waals surface area contributed by atoms with Gasteiger partial charge in [0, 0.05) is 13.1 Å². The maximum atomic E-state index is 10.5. The standard InChI is InChI=1S/C11H24N2O2/c1-10(2,3)11(4,5)7-13-6-8(12)9(14)15/h8,13H,6-7,12H2,1-5H3,(H,14,15). The van der Waals surface area contributed by atoms with E-state index in [4.69, 9.17) is 10.8 Å². The van der Waals surface area contributed by atoms with Crippen molar-refractivity contribution in [2.45, 2.75) is 40.7 Å². The van der Waals surface area contributed by atoms with Gasteiger partial charge in [0.25, 0.3) is 0 Å². The van der Waals surface area contributed by atoms with E-state index in [1.165, 1.54) is 0 Å². The number of aliphatic carboxylic acids is 1. The summed E-state index contributed by atoms with van der Waals surface area (Å²) in [5.41, 5.74) is 5.67. The monoisotopic (exact) mass is 216 g/mol. The topological polar surface area (TPSA) is 75.3 Å². The average molecular weight is 216 g/mol. The Bertz CT molecular complexity index is 219. The van der Waals surface area contributed by atoms with Gasteiger partial charge in [-0.15, -0.1) is 0 Å². The second-order valence-electron chi connectivity index (χ2n) is 5.71. The second kappa shape index (κ2) is 4.94.